The maximum absolute atomic E-state index is 13.3. The van der Waals surface area contributed by atoms with E-state index in [2.05, 4.69) is 5.32 Å². The maximum Gasteiger partial charge on any atom is 0.416 e. The van der Waals surface area contributed by atoms with Crippen molar-refractivity contribution in [2.45, 2.75) is 12.2 Å². The molecule has 0 saturated heterocycles. The topological polar surface area (TPSA) is 49.4 Å². The normalized spacial score (nSPS) is 16.6. The lowest BCUT2D eigenvalue weighted by molar-refractivity contribution is -0.137. The summed E-state index contributed by atoms with van der Waals surface area (Å²) >= 11 is 7.55. The van der Waals surface area contributed by atoms with Crippen molar-refractivity contribution in [3.8, 4) is 0 Å². The zero-order valence-electron chi connectivity index (χ0n) is 15.2. The maximum atomic E-state index is 13.3. The van der Waals surface area contributed by atoms with Crippen LogP contribution in [0.4, 0.5) is 18.9 Å². The zero-order valence-corrected chi connectivity index (χ0v) is 16.8. The molecule has 0 aliphatic carbocycles. The van der Waals surface area contributed by atoms with E-state index < -0.39 is 29.6 Å². The molecule has 1 unspecified atom stereocenters. The number of rotatable bonds is 2. The molecule has 1 aliphatic heterocycles. The van der Waals surface area contributed by atoms with E-state index in [0.29, 0.717) is 16.3 Å². The minimum Gasteiger partial charge on any atom is -0.324 e. The lowest BCUT2D eigenvalue weighted by Gasteiger charge is -2.29. The van der Waals surface area contributed by atoms with Gasteiger partial charge >= 0.3 is 6.18 Å². The fourth-order valence-corrected chi connectivity index (χ4v) is 4.45. The van der Waals surface area contributed by atoms with Gasteiger partial charge in [-0.2, -0.15) is 13.2 Å². The summed E-state index contributed by atoms with van der Waals surface area (Å²) in [6.45, 7) is -0.316. The molecule has 4 rings (SSSR count). The highest BCUT2D eigenvalue weighted by Crippen LogP contribution is 2.40. The number of hydrogen-bond acceptors (Lipinski definition) is 3. The van der Waals surface area contributed by atoms with Gasteiger partial charge in [-0.25, -0.2) is 0 Å². The van der Waals surface area contributed by atoms with Gasteiger partial charge in [0.25, 0.3) is 5.91 Å². The Hall–Kier alpha value is -2.84. The second-order valence-corrected chi connectivity index (χ2v) is 8.13. The number of benzene rings is 2. The Kier molecular flexibility index (Phi) is 5.29. The average Bonchev–Trinajstić information content (AvgIpc) is 3.18. The van der Waals surface area contributed by atoms with Crippen molar-refractivity contribution in [3.63, 3.8) is 0 Å². The lowest BCUT2D eigenvalue weighted by atomic mass is 10.0. The summed E-state index contributed by atoms with van der Waals surface area (Å²) in [6, 6.07) is 12.0. The second-order valence-electron chi connectivity index (χ2n) is 6.71. The van der Waals surface area contributed by atoms with E-state index in [0.717, 1.165) is 17.0 Å². The van der Waals surface area contributed by atoms with Crippen LogP contribution < -0.4 is 5.32 Å². The first kappa shape index (κ1) is 20.4. The van der Waals surface area contributed by atoms with Gasteiger partial charge in [0.15, 0.2) is 0 Å². The van der Waals surface area contributed by atoms with E-state index in [1.807, 2.05) is 11.4 Å². The van der Waals surface area contributed by atoms with Crippen LogP contribution >= 0.6 is 22.9 Å². The number of halogens is 4. The van der Waals surface area contributed by atoms with E-state index in [-0.39, 0.29) is 12.1 Å². The van der Waals surface area contributed by atoms with Gasteiger partial charge < -0.3 is 10.2 Å². The molecule has 2 amide bonds. The summed E-state index contributed by atoms with van der Waals surface area (Å²) in [5.74, 6) is -1.12. The highest BCUT2D eigenvalue weighted by atomic mass is 35.5. The number of nitrogens with one attached hydrogen (secondary N) is 1. The summed E-state index contributed by atoms with van der Waals surface area (Å²) in [7, 11) is 0. The van der Waals surface area contributed by atoms with Gasteiger partial charge in [0.2, 0.25) is 5.91 Å². The van der Waals surface area contributed by atoms with Crippen molar-refractivity contribution in [1.82, 2.24) is 4.90 Å². The molecule has 30 heavy (non-hydrogen) atoms. The van der Waals surface area contributed by atoms with Crippen molar-refractivity contribution in [2.24, 2.45) is 0 Å². The van der Waals surface area contributed by atoms with E-state index in [1.54, 1.807) is 24.3 Å². The molecule has 0 radical (unpaired) electrons. The van der Waals surface area contributed by atoms with Gasteiger partial charge in [-0.05, 0) is 47.8 Å². The Morgan fingerprint density at radius 3 is 2.63 bits per heavy atom. The smallest absolute Gasteiger partial charge is 0.324 e. The Bertz CT molecular complexity index is 1120. The van der Waals surface area contributed by atoms with Gasteiger partial charge in [-0.1, -0.05) is 23.7 Å². The van der Waals surface area contributed by atoms with E-state index >= 15 is 0 Å². The van der Waals surface area contributed by atoms with Crippen molar-refractivity contribution < 1.29 is 22.8 Å². The van der Waals surface area contributed by atoms with Crippen LogP contribution in [0.5, 0.6) is 0 Å². The largest absolute Gasteiger partial charge is 0.416 e. The Morgan fingerprint density at radius 1 is 1.13 bits per heavy atom. The van der Waals surface area contributed by atoms with E-state index in [4.69, 9.17) is 11.6 Å². The molecular formula is C21H14ClF3N2O2S. The van der Waals surface area contributed by atoms with Crippen LogP contribution in [0.1, 0.15) is 32.4 Å². The van der Waals surface area contributed by atoms with Crippen LogP contribution in [0.3, 0.4) is 0 Å². The third-order valence-corrected chi connectivity index (χ3v) is 5.88. The van der Waals surface area contributed by atoms with Crippen LogP contribution in [-0.4, -0.2) is 23.3 Å². The molecule has 2 heterocycles. The number of nitrogens with zero attached hydrogens (tertiary/aromatic N) is 1. The zero-order chi connectivity index (χ0) is 21.5. The number of anilines is 1. The van der Waals surface area contributed by atoms with Crippen LogP contribution in [0.2, 0.25) is 5.02 Å². The molecule has 0 bridgehead atoms. The van der Waals surface area contributed by atoms with Gasteiger partial charge in [0.1, 0.15) is 6.54 Å². The standard InChI is InChI=1S/C21H14ClF3N2O2S/c22-14-6-7-16-15(10-14)19(17-5-2-8-30-17)27(11-18(28)26-16)20(29)12-3-1-4-13(9-12)21(23,24)25/h1-10,19H,11H2,(H,26,28). The third kappa shape index (κ3) is 3.93. The van der Waals surface area contributed by atoms with Crippen LogP contribution in [-0.2, 0) is 11.0 Å². The first-order valence-electron chi connectivity index (χ1n) is 8.85. The predicted molar refractivity (Wildman–Crippen MR) is 109 cm³/mol. The average molecular weight is 451 g/mol. The number of fused-ring (bicyclic) bond motifs is 1. The molecule has 9 heteroatoms. The van der Waals surface area contributed by atoms with Crippen molar-refractivity contribution in [1.29, 1.82) is 0 Å². The SMILES string of the molecule is O=C1CN(C(=O)c2cccc(C(F)(F)F)c2)C(c2cccs2)c2cc(Cl)ccc2N1. The van der Waals surface area contributed by atoms with Crippen molar-refractivity contribution in [2.75, 3.05) is 11.9 Å². The van der Waals surface area contributed by atoms with Crippen LogP contribution in [0, 0.1) is 0 Å². The Labute approximate surface area is 178 Å². The summed E-state index contributed by atoms with van der Waals surface area (Å²) in [5.41, 5.74) is 0.0201. The van der Waals surface area contributed by atoms with Crippen LogP contribution in [0.15, 0.2) is 60.0 Å². The monoisotopic (exact) mass is 450 g/mol. The number of amides is 2. The van der Waals surface area contributed by atoms with Crippen molar-refractivity contribution >= 4 is 40.4 Å². The third-order valence-electron chi connectivity index (χ3n) is 4.72. The quantitative estimate of drug-likeness (QED) is 0.552. The molecule has 2 aromatic carbocycles. The molecule has 3 aromatic rings. The molecule has 4 nitrogen and oxygen atoms in total. The number of hydrogen-bond donors (Lipinski definition) is 1. The summed E-state index contributed by atoms with van der Waals surface area (Å²) < 4.78 is 39.4. The summed E-state index contributed by atoms with van der Waals surface area (Å²) in [5, 5.41) is 4.99. The number of carbonyl (C=O) groups is 2. The fraction of sp³-hybridized carbons (Fsp3) is 0.143. The molecule has 1 aliphatic rings. The first-order valence-corrected chi connectivity index (χ1v) is 10.1. The molecule has 0 spiro atoms. The van der Waals surface area contributed by atoms with E-state index in [9.17, 15) is 22.8 Å². The Morgan fingerprint density at radius 2 is 1.93 bits per heavy atom. The lowest BCUT2D eigenvalue weighted by Crippen LogP contribution is -2.38. The molecular weight excluding hydrogens is 437 g/mol. The van der Waals surface area contributed by atoms with Gasteiger partial charge in [-0.15, -0.1) is 11.3 Å². The van der Waals surface area contributed by atoms with Gasteiger partial charge in [0.05, 0.1) is 11.6 Å². The predicted octanol–water partition coefficient (Wildman–Crippen LogP) is 5.60. The molecule has 154 valence electrons. The molecule has 1 N–H and O–H groups in total. The minimum atomic E-state index is -4.58. The minimum absolute atomic E-state index is 0.148. The highest BCUT2D eigenvalue weighted by molar-refractivity contribution is 7.10. The van der Waals surface area contributed by atoms with Crippen LogP contribution in [0.25, 0.3) is 0 Å². The molecule has 0 fully saturated rings. The highest BCUT2D eigenvalue weighted by Gasteiger charge is 2.36. The number of carbonyl (C=O) groups excluding carboxylic acids is 2. The van der Waals surface area contributed by atoms with E-state index in [1.165, 1.54) is 28.4 Å². The van der Waals surface area contributed by atoms with Crippen molar-refractivity contribution in [3.05, 3.63) is 86.6 Å². The number of thiophene rings is 1. The summed E-state index contributed by atoms with van der Waals surface area (Å²) in [6.07, 6.45) is -4.58. The first-order chi connectivity index (χ1) is 14.2. The van der Waals surface area contributed by atoms with Gasteiger partial charge in [0, 0.05) is 26.7 Å². The number of alkyl halides is 3. The second kappa shape index (κ2) is 7.77. The Balaban J connectivity index is 1.84. The molecule has 0 saturated carbocycles. The molecule has 1 aromatic heterocycles. The molecule has 1 atom stereocenters. The summed E-state index contributed by atoms with van der Waals surface area (Å²) in [4.78, 5) is 27.9. The van der Waals surface area contributed by atoms with Gasteiger partial charge in [-0.3, -0.25) is 9.59 Å². The fourth-order valence-electron chi connectivity index (χ4n) is 3.41.